The van der Waals surface area contributed by atoms with Gasteiger partial charge in [-0.3, -0.25) is 0 Å². The van der Waals surface area contributed by atoms with Crippen molar-refractivity contribution in [2.24, 2.45) is 0 Å². The first-order valence-corrected chi connectivity index (χ1v) is 4.80. The van der Waals surface area contributed by atoms with Gasteiger partial charge in [0.05, 0.1) is 12.7 Å². The monoisotopic (exact) mass is 162 g/mol. The number of hydrogen-bond donors (Lipinski definition) is 2. The molecule has 0 saturated heterocycles. The second-order valence-corrected chi connectivity index (χ2v) is 3.98. The minimum absolute atomic E-state index is 0.114. The van der Waals surface area contributed by atoms with Gasteiger partial charge in [-0.2, -0.15) is 11.8 Å². The molecule has 0 spiro atoms. The molecule has 1 aliphatic carbocycles. The predicted octanol–water partition coefficient (Wildman–Crippen LogP) is 0.625. The molecule has 1 fully saturated rings. The van der Waals surface area contributed by atoms with Crippen molar-refractivity contribution in [1.29, 1.82) is 0 Å². The standard InChI is InChI=1S/C7H14O2S/c8-4-5-10-7-3-1-2-6(7)9/h6-9H,1-5H2/t6-,7-/m1/s1. The highest BCUT2D eigenvalue weighted by molar-refractivity contribution is 7.99. The van der Waals surface area contributed by atoms with Gasteiger partial charge in [-0.1, -0.05) is 0 Å². The normalized spacial score (nSPS) is 33.0. The minimum Gasteiger partial charge on any atom is -0.396 e. The molecule has 0 heterocycles. The lowest BCUT2D eigenvalue weighted by Gasteiger charge is -2.11. The quantitative estimate of drug-likeness (QED) is 0.639. The summed E-state index contributed by atoms with van der Waals surface area (Å²) in [6.07, 6.45) is 3.09. The van der Waals surface area contributed by atoms with Gasteiger partial charge in [-0.05, 0) is 19.3 Å². The van der Waals surface area contributed by atoms with Crippen LogP contribution in [0, 0.1) is 0 Å². The average molecular weight is 162 g/mol. The van der Waals surface area contributed by atoms with Crippen molar-refractivity contribution in [3.05, 3.63) is 0 Å². The van der Waals surface area contributed by atoms with Gasteiger partial charge in [0.1, 0.15) is 0 Å². The molecule has 0 aromatic heterocycles. The van der Waals surface area contributed by atoms with Gasteiger partial charge in [0.2, 0.25) is 0 Å². The molecule has 0 aromatic carbocycles. The Balaban J connectivity index is 2.14. The first-order chi connectivity index (χ1) is 4.84. The van der Waals surface area contributed by atoms with E-state index < -0.39 is 0 Å². The topological polar surface area (TPSA) is 40.5 Å². The summed E-state index contributed by atoms with van der Waals surface area (Å²) in [5.41, 5.74) is 0. The molecule has 3 heteroatoms. The Morgan fingerprint density at radius 1 is 1.40 bits per heavy atom. The summed E-state index contributed by atoms with van der Waals surface area (Å²) in [4.78, 5) is 0. The lowest BCUT2D eigenvalue weighted by atomic mass is 10.3. The van der Waals surface area contributed by atoms with Crippen LogP contribution >= 0.6 is 11.8 Å². The molecular formula is C7H14O2S. The molecule has 1 rings (SSSR count). The van der Waals surface area contributed by atoms with Crippen molar-refractivity contribution in [2.75, 3.05) is 12.4 Å². The van der Waals surface area contributed by atoms with Gasteiger partial charge in [-0.15, -0.1) is 0 Å². The molecule has 10 heavy (non-hydrogen) atoms. The van der Waals surface area contributed by atoms with Gasteiger partial charge in [0.25, 0.3) is 0 Å². The van der Waals surface area contributed by atoms with E-state index in [1.807, 2.05) is 0 Å². The van der Waals surface area contributed by atoms with E-state index in [-0.39, 0.29) is 12.7 Å². The van der Waals surface area contributed by atoms with E-state index >= 15 is 0 Å². The lowest BCUT2D eigenvalue weighted by molar-refractivity contribution is 0.188. The molecule has 0 aliphatic heterocycles. The highest BCUT2D eigenvalue weighted by Gasteiger charge is 2.24. The number of rotatable bonds is 3. The summed E-state index contributed by atoms with van der Waals surface area (Å²) in [7, 11) is 0. The Morgan fingerprint density at radius 3 is 2.70 bits per heavy atom. The molecule has 0 aromatic rings. The fraction of sp³-hybridized carbons (Fsp3) is 1.00. The van der Waals surface area contributed by atoms with E-state index in [4.69, 9.17) is 5.11 Å². The van der Waals surface area contributed by atoms with Crippen LogP contribution < -0.4 is 0 Å². The fourth-order valence-corrected chi connectivity index (χ4v) is 2.40. The maximum atomic E-state index is 9.31. The Kier molecular flexibility index (Phi) is 3.52. The Bertz CT molecular complexity index is 97.6. The summed E-state index contributed by atoms with van der Waals surface area (Å²) >= 11 is 1.69. The molecule has 2 atom stereocenters. The van der Waals surface area contributed by atoms with E-state index in [1.165, 1.54) is 0 Å². The maximum Gasteiger partial charge on any atom is 0.0658 e. The third-order valence-corrected chi connectivity index (χ3v) is 3.24. The Hall–Kier alpha value is 0.270. The zero-order valence-corrected chi connectivity index (χ0v) is 6.81. The van der Waals surface area contributed by atoms with Gasteiger partial charge in [-0.25, -0.2) is 0 Å². The maximum absolute atomic E-state index is 9.31. The smallest absolute Gasteiger partial charge is 0.0658 e. The number of aliphatic hydroxyl groups excluding tert-OH is 2. The fourth-order valence-electron chi connectivity index (χ4n) is 1.30. The van der Waals surface area contributed by atoms with Gasteiger partial charge < -0.3 is 10.2 Å². The number of aliphatic hydroxyl groups is 2. The van der Waals surface area contributed by atoms with Crippen LogP contribution in [0.5, 0.6) is 0 Å². The third-order valence-electron chi connectivity index (χ3n) is 1.84. The molecule has 0 radical (unpaired) electrons. The van der Waals surface area contributed by atoms with Crippen LogP contribution in [0.1, 0.15) is 19.3 Å². The van der Waals surface area contributed by atoms with Gasteiger partial charge in [0, 0.05) is 11.0 Å². The molecule has 0 bridgehead atoms. The van der Waals surface area contributed by atoms with E-state index in [9.17, 15) is 5.11 Å². The van der Waals surface area contributed by atoms with E-state index in [0.29, 0.717) is 5.25 Å². The van der Waals surface area contributed by atoms with Crippen molar-refractivity contribution in [1.82, 2.24) is 0 Å². The highest BCUT2D eigenvalue weighted by atomic mass is 32.2. The summed E-state index contributed by atoms with van der Waals surface area (Å²) in [6.45, 7) is 0.230. The predicted molar refractivity (Wildman–Crippen MR) is 43.2 cm³/mol. The van der Waals surface area contributed by atoms with Crippen LogP contribution in [0.3, 0.4) is 0 Å². The largest absolute Gasteiger partial charge is 0.396 e. The molecule has 0 unspecified atom stereocenters. The van der Waals surface area contributed by atoms with E-state index in [0.717, 1.165) is 25.0 Å². The van der Waals surface area contributed by atoms with Gasteiger partial charge in [0.15, 0.2) is 0 Å². The second kappa shape index (κ2) is 4.21. The number of thioether (sulfide) groups is 1. The molecular weight excluding hydrogens is 148 g/mol. The molecule has 2 nitrogen and oxygen atoms in total. The van der Waals surface area contributed by atoms with Crippen molar-refractivity contribution >= 4 is 11.8 Å². The SMILES string of the molecule is OCCS[C@@H]1CCC[C@H]1O. The van der Waals surface area contributed by atoms with Crippen LogP contribution in [0.4, 0.5) is 0 Å². The van der Waals surface area contributed by atoms with Crippen molar-refractivity contribution in [2.45, 2.75) is 30.6 Å². The van der Waals surface area contributed by atoms with E-state index in [1.54, 1.807) is 11.8 Å². The summed E-state index contributed by atoms with van der Waals surface area (Å²) < 4.78 is 0. The Morgan fingerprint density at radius 2 is 2.20 bits per heavy atom. The lowest BCUT2D eigenvalue weighted by Crippen LogP contribution is -2.16. The van der Waals surface area contributed by atoms with Crippen molar-refractivity contribution in [3.8, 4) is 0 Å². The minimum atomic E-state index is -0.114. The van der Waals surface area contributed by atoms with Crippen LogP contribution in [0.25, 0.3) is 0 Å². The van der Waals surface area contributed by atoms with Crippen molar-refractivity contribution in [3.63, 3.8) is 0 Å². The zero-order chi connectivity index (χ0) is 7.40. The highest BCUT2D eigenvalue weighted by Crippen LogP contribution is 2.29. The summed E-state index contributed by atoms with van der Waals surface area (Å²) in [6, 6.07) is 0. The van der Waals surface area contributed by atoms with Crippen LogP contribution in [-0.4, -0.2) is 33.9 Å². The first kappa shape index (κ1) is 8.37. The van der Waals surface area contributed by atoms with Gasteiger partial charge >= 0.3 is 0 Å². The van der Waals surface area contributed by atoms with E-state index in [2.05, 4.69) is 0 Å². The summed E-state index contributed by atoms with van der Waals surface area (Å²) in [5, 5.41) is 18.2. The first-order valence-electron chi connectivity index (χ1n) is 3.75. The molecule has 1 aliphatic rings. The summed E-state index contributed by atoms with van der Waals surface area (Å²) in [5.74, 6) is 0.766. The van der Waals surface area contributed by atoms with Crippen LogP contribution in [0.15, 0.2) is 0 Å². The molecule has 0 amide bonds. The molecule has 1 saturated carbocycles. The van der Waals surface area contributed by atoms with Crippen molar-refractivity contribution < 1.29 is 10.2 Å². The van der Waals surface area contributed by atoms with Crippen LogP contribution in [0.2, 0.25) is 0 Å². The average Bonchev–Trinajstić information content (AvgIpc) is 2.31. The molecule has 60 valence electrons. The molecule has 2 N–H and O–H groups in total. The Labute approximate surface area is 65.6 Å². The second-order valence-electron chi connectivity index (χ2n) is 2.63. The van der Waals surface area contributed by atoms with Crippen LogP contribution in [-0.2, 0) is 0 Å². The number of hydrogen-bond acceptors (Lipinski definition) is 3. The zero-order valence-electron chi connectivity index (χ0n) is 5.99. The third kappa shape index (κ3) is 2.15.